The Hall–Kier alpha value is -1.94. The summed E-state index contributed by atoms with van der Waals surface area (Å²) in [5.41, 5.74) is 8.67. The number of halogens is 1. The molecule has 0 unspecified atom stereocenters. The Balaban J connectivity index is 1.76. The highest BCUT2D eigenvalue weighted by Crippen LogP contribution is 2.26. The first-order valence-corrected chi connectivity index (χ1v) is 7.14. The number of anilines is 4. The Morgan fingerprint density at radius 1 is 1.05 bits per heavy atom. The van der Waals surface area contributed by atoms with E-state index >= 15 is 0 Å². The molecule has 0 amide bonds. The van der Waals surface area contributed by atoms with Crippen LogP contribution in [0, 0.1) is 0 Å². The molecule has 1 saturated heterocycles. The van der Waals surface area contributed by atoms with Gasteiger partial charge in [-0.05, 0) is 49.2 Å². The minimum atomic E-state index is 0.426. The molecular formula is C15H17ClN4. The smallest absolute Gasteiger partial charge is 0.155 e. The van der Waals surface area contributed by atoms with Gasteiger partial charge in [-0.25, -0.2) is 4.98 Å². The molecular weight excluding hydrogens is 272 g/mol. The van der Waals surface area contributed by atoms with E-state index in [4.69, 9.17) is 17.3 Å². The number of aromatic nitrogens is 1. The van der Waals surface area contributed by atoms with Crippen LogP contribution in [0.15, 0.2) is 36.4 Å². The number of nitrogens with zero attached hydrogens (tertiary/aromatic N) is 2. The Kier molecular flexibility index (Phi) is 3.65. The van der Waals surface area contributed by atoms with E-state index in [9.17, 15) is 0 Å². The van der Waals surface area contributed by atoms with Crippen LogP contribution in [-0.4, -0.2) is 18.1 Å². The average molecular weight is 289 g/mol. The second kappa shape index (κ2) is 5.59. The highest BCUT2D eigenvalue weighted by atomic mass is 35.5. The molecule has 1 aromatic heterocycles. The van der Waals surface area contributed by atoms with Gasteiger partial charge in [0, 0.05) is 24.5 Å². The van der Waals surface area contributed by atoms with Gasteiger partial charge in [-0.2, -0.15) is 0 Å². The van der Waals surface area contributed by atoms with Gasteiger partial charge in [0.2, 0.25) is 0 Å². The summed E-state index contributed by atoms with van der Waals surface area (Å²) in [5, 5.41) is 3.62. The highest BCUT2D eigenvalue weighted by molar-refractivity contribution is 6.29. The van der Waals surface area contributed by atoms with Gasteiger partial charge in [0.25, 0.3) is 0 Å². The molecule has 5 heteroatoms. The molecule has 0 aliphatic carbocycles. The average Bonchev–Trinajstić information content (AvgIpc) is 2.98. The third-order valence-corrected chi connectivity index (χ3v) is 3.70. The highest BCUT2D eigenvalue weighted by Gasteiger charge is 2.12. The van der Waals surface area contributed by atoms with Crippen LogP contribution in [0.1, 0.15) is 12.8 Å². The molecule has 2 aromatic rings. The van der Waals surface area contributed by atoms with Crippen molar-refractivity contribution in [2.45, 2.75) is 12.8 Å². The first-order chi connectivity index (χ1) is 9.72. The van der Waals surface area contributed by atoms with Crippen molar-refractivity contribution in [2.75, 3.05) is 29.0 Å². The predicted molar refractivity (Wildman–Crippen MR) is 84.8 cm³/mol. The monoisotopic (exact) mass is 288 g/mol. The quantitative estimate of drug-likeness (QED) is 0.846. The van der Waals surface area contributed by atoms with Crippen LogP contribution >= 0.6 is 11.6 Å². The summed E-state index contributed by atoms with van der Waals surface area (Å²) in [6.45, 7) is 2.30. The van der Waals surface area contributed by atoms with Gasteiger partial charge in [0.1, 0.15) is 5.15 Å². The third-order valence-electron chi connectivity index (χ3n) is 3.49. The molecule has 1 aliphatic rings. The van der Waals surface area contributed by atoms with Crippen molar-refractivity contribution in [2.24, 2.45) is 0 Å². The van der Waals surface area contributed by atoms with Gasteiger partial charge in [-0.15, -0.1) is 0 Å². The Labute approximate surface area is 123 Å². The topological polar surface area (TPSA) is 54.2 Å². The Morgan fingerprint density at radius 2 is 1.75 bits per heavy atom. The van der Waals surface area contributed by atoms with Crippen molar-refractivity contribution in [1.82, 2.24) is 4.98 Å². The zero-order valence-electron chi connectivity index (χ0n) is 11.1. The fraction of sp³-hybridized carbons (Fsp3) is 0.267. The number of pyridine rings is 1. The molecule has 20 heavy (non-hydrogen) atoms. The normalized spacial score (nSPS) is 14.6. The predicted octanol–water partition coefficient (Wildman–Crippen LogP) is 3.66. The summed E-state index contributed by atoms with van der Waals surface area (Å²) in [6.07, 6.45) is 2.56. The number of hydrogen-bond acceptors (Lipinski definition) is 4. The molecule has 0 radical (unpaired) electrons. The zero-order chi connectivity index (χ0) is 13.9. The lowest BCUT2D eigenvalue weighted by Gasteiger charge is -2.18. The second-order valence-electron chi connectivity index (χ2n) is 4.94. The van der Waals surface area contributed by atoms with Crippen LogP contribution in [0.2, 0.25) is 5.15 Å². The van der Waals surface area contributed by atoms with E-state index < -0.39 is 0 Å². The number of nitrogens with two attached hydrogens (primary N) is 1. The maximum Gasteiger partial charge on any atom is 0.155 e. The third kappa shape index (κ3) is 2.80. The molecule has 1 fully saturated rings. The number of hydrogen-bond donors (Lipinski definition) is 2. The molecule has 3 N–H and O–H groups in total. The van der Waals surface area contributed by atoms with E-state index in [-0.39, 0.29) is 0 Å². The minimum Gasteiger partial charge on any atom is -0.396 e. The minimum absolute atomic E-state index is 0.426. The fourth-order valence-electron chi connectivity index (χ4n) is 2.41. The molecule has 0 atom stereocenters. The summed E-state index contributed by atoms with van der Waals surface area (Å²) < 4.78 is 0. The van der Waals surface area contributed by atoms with Crippen LogP contribution in [0.25, 0.3) is 0 Å². The van der Waals surface area contributed by atoms with Gasteiger partial charge in [0.05, 0.1) is 5.69 Å². The number of nitrogen functional groups attached to an aromatic ring is 1. The van der Waals surface area contributed by atoms with Crippen molar-refractivity contribution in [3.63, 3.8) is 0 Å². The molecule has 0 spiro atoms. The largest absolute Gasteiger partial charge is 0.396 e. The van der Waals surface area contributed by atoms with Crippen molar-refractivity contribution in [3.8, 4) is 0 Å². The summed E-state index contributed by atoms with van der Waals surface area (Å²) in [6, 6.07) is 11.7. The van der Waals surface area contributed by atoms with E-state index in [1.54, 1.807) is 12.1 Å². The van der Waals surface area contributed by atoms with Crippen LogP contribution in [0.3, 0.4) is 0 Å². The molecule has 0 saturated carbocycles. The molecule has 104 valence electrons. The summed E-state index contributed by atoms with van der Waals surface area (Å²) in [4.78, 5) is 6.59. The van der Waals surface area contributed by atoms with E-state index in [2.05, 4.69) is 27.3 Å². The van der Waals surface area contributed by atoms with Crippen molar-refractivity contribution in [3.05, 3.63) is 41.6 Å². The lowest BCUT2D eigenvalue weighted by atomic mass is 10.2. The van der Waals surface area contributed by atoms with E-state index in [0.29, 0.717) is 16.7 Å². The van der Waals surface area contributed by atoms with Crippen LogP contribution < -0.4 is 16.0 Å². The molecule has 0 bridgehead atoms. The van der Waals surface area contributed by atoms with E-state index in [0.717, 1.165) is 18.8 Å². The lowest BCUT2D eigenvalue weighted by molar-refractivity contribution is 0.949. The summed E-state index contributed by atoms with van der Waals surface area (Å²) in [7, 11) is 0. The van der Waals surface area contributed by atoms with Gasteiger partial charge in [0.15, 0.2) is 5.82 Å². The van der Waals surface area contributed by atoms with E-state index in [1.165, 1.54) is 18.5 Å². The summed E-state index contributed by atoms with van der Waals surface area (Å²) >= 11 is 5.88. The van der Waals surface area contributed by atoms with Crippen LogP contribution in [0.4, 0.5) is 22.9 Å². The van der Waals surface area contributed by atoms with Crippen LogP contribution in [-0.2, 0) is 0 Å². The van der Waals surface area contributed by atoms with Gasteiger partial charge in [-0.3, -0.25) is 0 Å². The maximum atomic E-state index is 5.88. The second-order valence-corrected chi connectivity index (χ2v) is 5.33. The van der Waals surface area contributed by atoms with Crippen molar-refractivity contribution >= 4 is 34.5 Å². The van der Waals surface area contributed by atoms with E-state index in [1.807, 2.05) is 12.1 Å². The number of nitrogens with one attached hydrogen (secondary N) is 1. The first kappa shape index (κ1) is 13.1. The SMILES string of the molecule is Nc1ccc(Cl)nc1Nc1ccc(N2CCCC2)cc1. The molecule has 1 aromatic carbocycles. The maximum absolute atomic E-state index is 5.88. The summed E-state index contributed by atoms with van der Waals surface area (Å²) in [5.74, 6) is 0.589. The molecule has 3 rings (SSSR count). The first-order valence-electron chi connectivity index (χ1n) is 6.76. The zero-order valence-corrected chi connectivity index (χ0v) is 11.9. The molecule has 1 aliphatic heterocycles. The fourth-order valence-corrected chi connectivity index (χ4v) is 2.56. The standard InChI is InChI=1S/C15H17ClN4/c16-14-8-7-13(17)15(19-14)18-11-3-5-12(6-4-11)20-9-1-2-10-20/h3-8H,1-2,9-10,17H2,(H,18,19). The van der Waals surface area contributed by atoms with Crippen LogP contribution in [0.5, 0.6) is 0 Å². The number of rotatable bonds is 3. The number of benzene rings is 1. The van der Waals surface area contributed by atoms with Gasteiger partial charge in [-0.1, -0.05) is 11.6 Å². The van der Waals surface area contributed by atoms with Gasteiger partial charge < -0.3 is 16.0 Å². The Morgan fingerprint density at radius 3 is 2.45 bits per heavy atom. The molecule has 4 nitrogen and oxygen atoms in total. The van der Waals surface area contributed by atoms with Crippen molar-refractivity contribution in [1.29, 1.82) is 0 Å². The molecule has 2 heterocycles. The lowest BCUT2D eigenvalue weighted by Crippen LogP contribution is -2.17. The van der Waals surface area contributed by atoms with Crippen molar-refractivity contribution < 1.29 is 0 Å². The Bertz CT molecular complexity index is 591. The van der Waals surface area contributed by atoms with Gasteiger partial charge >= 0.3 is 0 Å².